The van der Waals surface area contributed by atoms with Gasteiger partial charge in [0.15, 0.2) is 5.78 Å². The molecule has 1 heterocycles. The zero-order valence-electron chi connectivity index (χ0n) is 10.8. The number of nitrogens with zero attached hydrogens (tertiary/aromatic N) is 2. The van der Waals surface area contributed by atoms with E-state index in [-0.39, 0.29) is 11.5 Å². The van der Waals surface area contributed by atoms with Gasteiger partial charge in [0.05, 0.1) is 16.8 Å². The minimum Gasteiger partial charge on any atom is -0.334 e. The van der Waals surface area contributed by atoms with Crippen LogP contribution >= 0.6 is 0 Å². The maximum atomic E-state index is 11.5. The summed E-state index contributed by atoms with van der Waals surface area (Å²) in [4.78, 5) is 21.8. The molecule has 1 aromatic carbocycles. The molecule has 0 fully saturated rings. The number of carbonyl (C=O) groups excluding carboxylic acids is 1. The van der Waals surface area contributed by atoms with Gasteiger partial charge in [-0.05, 0) is 12.5 Å². The molecule has 0 bridgehead atoms. The summed E-state index contributed by atoms with van der Waals surface area (Å²) in [6, 6.07) is 9.16. The van der Waals surface area contributed by atoms with Gasteiger partial charge < -0.3 is 4.57 Å². The lowest BCUT2D eigenvalue weighted by Crippen LogP contribution is -2.06. The van der Waals surface area contributed by atoms with Crippen LogP contribution in [0.4, 0.5) is 5.69 Å². The van der Waals surface area contributed by atoms with Crippen molar-refractivity contribution in [3.8, 4) is 0 Å². The van der Waals surface area contributed by atoms with Crippen molar-refractivity contribution < 1.29 is 9.72 Å². The molecule has 19 heavy (non-hydrogen) atoms. The van der Waals surface area contributed by atoms with Crippen LogP contribution in [0.2, 0.25) is 0 Å². The molecule has 0 radical (unpaired) electrons. The zero-order valence-corrected chi connectivity index (χ0v) is 10.8. The van der Waals surface area contributed by atoms with Gasteiger partial charge in [-0.15, -0.1) is 0 Å². The first-order valence-electron chi connectivity index (χ1n) is 5.88. The van der Waals surface area contributed by atoms with Gasteiger partial charge in [-0.25, -0.2) is 0 Å². The molecule has 98 valence electrons. The molecule has 2 aromatic rings. The first-order valence-corrected chi connectivity index (χ1v) is 5.88. The molecule has 0 aliphatic carbocycles. The standard InChI is InChI=1S/C14H14N2O3/c1-10-3-5-12(6-4-10)8-15-9-13(16(18)19)7-14(15)11(2)17/h3-7,9H,8H2,1-2H3. The molecule has 1 aromatic heterocycles. The van der Waals surface area contributed by atoms with Crippen LogP contribution in [0.1, 0.15) is 28.5 Å². The molecule has 0 aliphatic rings. The Labute approximate surface area is 110 Å². The smallest absolute Gasteiger partial charge is 0.287 e. The van der Waals surface area contributed by atoms with Gasteiger partial charge in [0.2, 0.25) is 0 Å². The third-order valence-corrected chi connectivity index (χ3v) is 2.93. The maximum absolute atomic E-state index is 11.5. The fourth-order valence-corrected chi connectivity index (χ4v) is 1.91. The Morgan fingerprint density at radius 2 is 1.95 bits per heavy atom. The average Bonchev–Trinajstić information content (AvgIpc) is 2.76. The van der Waals surface area contributed by atoms with Gasteiger partial charge in [0.1, 0.15) is 0 Å². The normalized spacial score (nSPS) is 10.4. The predicted molar refractivity (Wildman–Crippen MR) is 71.4 cm³/mol. The van der Waals surface area contributed by atoms with Crippen LogP contribution in [0, 0.1) is 17.0 Å². The SMILES string of the molecule is CC(=O)c1cc([N+](=O)[O-])cn1Cc1ccc(C)cc1. The van der Waals surface area contributed by atoms with E-state index < -0.39 is 4.92 Å². The highest BCUT2D eigenvalue weighted by molar-refractivity contribution is 5.93. The molecule has 0 atom stereocenters. The molecule has 5 nitrogen and oxygen atoms in total. The highest BCUT2D eigenvalue weighted by Gasteiger charge is 2.16. The van der Waals surface area contributed by atoms with Crippen LogP contribution in [0.25, 0.3) is 0 Å². The number of hydrogen-bond donors (Lipinski definition) is 0. The summed E-state index contributed by atoms with van der Waals surface area (Å²) in [5.41, 5.74) is 2.44. The van der Waals surface area contributed by atoms with E-state index in [1.54, 1.807) is 4.57 Å². The summed E-state index contributed by atoms with van der Waals surface area (Å²) in [6.45, 7) is 3.85. The third-order valence-electron chi connectivity index (χ3n) is 2.93. The molecule has 0 amide bonds. The van der Waals surface area contributed by atoms with Crippen molar-refractivity contribution in [1.29, 1.82) is 0 Å². The first-order chi connectivity index (χ1) is 8.97. The van der Waals surface area contributed by atoms with E-state index in [1.807, 2.05) is 31.2 Å². The van der Waals surface area contributed by atoms with Gasteiger partial charge in [-0.3, -0.25) is 14.9 Å². The highest BCUT2D eigenvalue weighted by Crippen LogP contribution is 2.18. The molecule has 0 unspecified atom stereocenters. The molecule has 2 rings (SSSR count). The van der Waals surface area contributed by atoms with Gasteiger partial charge in [-0.2, -0.15) is 0 Å². The van der Waals surface area contributed by atoms with Gasteiger partial charge in [-0.1, -0.05) is 29.8 Å². The second kappa shape index (κ2) is 5.06. The number of hydrogen-bond acceptors (Lipinski definition) is 3. The number of carbonyl (C=O) groups is 1. The molecule has 0 saturated heterocycles. The minimum atomic E-state index is -0.488. The third kappa shape index (κ3) is 2.88. The fraction of sp³-hybridized carbons (Fsp3) is 0.214. The van der Waals surface area contributed by atoms with Crippen molar-refractivity contribution in [1.82, 2.24) is 4.57 Å². The Balaban J connectivity index is 2.35. The monoisotopic (exact) mass is 258 g/mol. The van der Waals surface area contributed by atoms with E-state index in [0.29, 0.717) is 12.2 Å². The zero-order chi connectivity index (χ0) is 14.0. The van der Waals surface area contributed by atoms with E-state index >= 15 is 0 Å². The largest absolute Gasteiger partial charge is 0.334 e. The van der Waals surface area contributed by atoms with E-state index in [4.69, 9.17) is 0 Å². The predicted octanol–water partition coefficient (Wildman–Crippen LogP) is 2.96. The van der Waals surface area contributed by atoms with Crippen LogP contribution in [-0.4, -0.2) is 15.3 Å². The van der Waals surface area contributed by atoms with E-state index in [9.17, 15) is 14.9 Å². The van der Waals surface area contributed by atoms with Crippen LogP contribution in [0.5, 0.6) is 0 Å². The Kier molecular flexibility index (Phi) is 3.46. The highest BCUT2D eigenvalue weighted by atomic mass is 16.6. The number of aryl methyl sites for hydroxylation is 1. The number of benzene rings is 1. The van der Waals surface area contributed by atoms with E-state index in [0.717, 1.165) is 11.1 Å². The summed E-state index contributed by atoms with van der Waals surface area (Å²) >= 11 is 0. The fourth-order valence-electron chi connectivity index (χ4n) is 1.91. The number of nitro groups is 1. The van der Waals surface area contributed by atoms with Crippen LogP contribution < -0.4 is 0 Å². The average molecular weight is 258 g/mol. The maximum Gasteiger partial charge on any atom is 0.287 e. The van der Waals surface area contributed by atoms with Crippen LogP contribution in [-0.2, 0) is 6.54 Å². The summed E-state index contributed by atoms with van der Waals surface area (Å²) in [5.74, 6) is -0.180. The molecular weight excluding hydrogens is 244 g/mol. The van der Waals surface area contributed by atoms with Crippen molar-refractivity contribution in [2.24, 2.45) is 0 Å². The van der Waals surface area contributed by atoms with Crippen LogP contribution in [0.3, 0.4) is 0 Å². The van der Waals surface area contributed by atoms with E-state index in [2.05, 4.69) is 0 Å². The van der Waals surface area contributed by atoms with Crippen molar-refractivity contribution in [3.63, 3.8) is 0 Å². The van der Waals surface area contributed by atoms with Crippen molar-refractivity contribution >= 4 is 11.5 Å². The first kappa shape index (κ1) is 13.0. The summed E-state index contributed by atoms with van der Waals surface area (Å²) in [7, 11) is 0. The minimum absolute atomic E-state index is 0.0580. The summed E-state index contributed by atoms with van der Waals surface area (Å²) < 4.78 is 1.62. The Morgan fingerprint density at radius 1 is 1.32 bits per heavy atom. The molecule has 0 aliphatic heterocycles. The van der Waals surface area contributed by atoms with Crippen LogP contribution in [0.15, 0.2) is 36.5 Å². The Morgan fingerprint density at radius 3 is 2.47 bits per heavy atom. The van der Waals surface area contributed by atoms with Crippen molar-refractivity contribution in [2.45, 2.75) is 20.4 Å². The van der Waals surface area contributed by atoms with Crippen molar-refractivity contribution in [3.05, 3.63) is 63.5 Å². The lowest BCUT2D eigenvalue weighted by molar-refractivity contribution is -0.384. The second-order valence-corrected chi connectivity index (χ2v) is 4.51. The lowest BCUT2D eigenvalue weighted by atomic mass is 10.1. The van der Waals surface area contributed by atoms with Gasteiger partial charge in [0, 0.05) is 19.5 Å². The molecular formula is C14H14N2O3. The Hall–Kier alpha value is -2.43. The Bertz CT molecular complexity index is 627. The number of rotatable bonds is 4. The van der Waals surface area contributed by atoms with Gasteiger partial charge >= 0.3 is 0 Å². The topological polar surface area (TPSA) is 65.1 Å². The summed E-state index contributed by atoms with van der Waals surface area (Å²) in [6.07, 6.45) is 1.40. The number of Topliss-reactive ketones (excluding diaryl/α,β-unsaturated/α-hetero) is 1. The number of aromatic nitrogens is 1. The summed E-state index contributed by atoms with van der Waals surface area (Å²) in [5, 5.41) is 10.8. The molecule has 0 N–H and O–H groups in total. The number of ketones is 1. The lowest BCUT2D eigenvalue weighted by Gasteiger charge is -2.06. The quantitative estimate of drug-likeness (QED) is 0.481. The van der Waals surface area contributed by atoms with Gasteiger partial charge in [0.25, 0.3) is 5.69 Å². The molecule has 5 heteroatoms. The molecule has 0 saturated carbocycles. The second-order valence-electron chi connectivity index (χ2n) is 4.51. The van der Waals surface area contributed by atoms with E-state index in [1.165, 1.54) is 19.2 Å². The van der Waals surface area contributed by atoms with Crippen molar-refractivity contribution in [2.75, 3.05) is 0 Å². The molecule has 0 spiro atoms.